The first-order valence-corrected chi connectivity index (χ1v) is 8.94. The Balaban J connectivity index is 1.93. The van der Waals surface area contributed by atoms with Crippen molar-refractivity contribution in [1.29, 1.82) is 0 Å². The van der Waals surface area contributed by atoms with Crippen molar-refractivity contribution in [3.8, 4) is 11.1 Å². The lowest BCUT2D eigenvalue weighted by molar-refractivity contribution is 0.101. The topological polar surface area (TPSA) is 38.5 Å². The van der Waals surface area contributed by atoms with Crippen LogP contribution in [-0.4, -0.2) is 29.6 Å². The molecule has 2 N–H and O–H groups in total. The van der Waals surface area contributed by atoms with Crippen LogP contribution in [0.2, 0.25) is 0 Å². The van der Waals surface area contributed by atoms with E-state index in [0.29, 0.717) is 6.04 Å². The van der Waals surface area contributed by atoms with Crippen LogP contribution in [0, 0.1) is 6.92 Å². The Morgan fingerprint density at radius 1 is 1.25 bits per heavy atom. The van der Waals surface area contributed by atoms with Crippen LogP contribution in [0.4, 0.5) is 5.69 Å². The largest absolute Gasteiger partial charge is 0.399 e. The predicted molar refractivity (Wildman–Crippen MR) is 105 cm³/mol. The zero-order valence-corrected chi connectivity index (χ0v) is 15.6. The van der Waals surface area contributed by atoms with Crippen molar-refractivity contribution >= 4 is 20.0 Å². The summed E-state index contributed by atoms with van der Waals surface area (Å²) in [6.07, 6.45) is 0. The normalized spacial score (nSPS) is 15.5. The highest BCUT2D eigenvalue weighted by Gasteiger charge is 2.29. The molecule has 3 nitrogen and oxygen atoms in total. The average Bonchev–Trinajstić information content (AvgIpc) is 2.90. The molecule has 2 aromatic carbocycles. The van der Waals surface area contributed by atoms with Crippen molar-refractivity contribution in [2.75, 3.05) is 18.9 Å². The van der Waals surface area contributed by atoms with Crippen LogP contribution in [0.5, 0.6) is 0 Å². The molecule has 0 aromatic heterocycles. The lowest BCUT2D eigenvalue weighted by Gasteiger charge is -2.24. The van der Waals surface area contributed by atoms with E-state index in [2.05, 4.69) is 45.8 Å². The predicted octanol–water partition coefficient (Wildman–Crippen LogP) is 4.11. The summed E-state index contributed by atoms with van der Waals surface area (Å²) in [6.45, 7) is 8.80. The molecule has 1 atom stereocenters. The molecule has 0 saturated heterocycles. The van der Waals surface area contributed by atoms with Crippen molar-refractivity contribution in [2.45, 2.75) is 33.4 Å². The fourth-order valence-corrected chi connectivity index (χ4v) is 4.03. The zero-order chi connectivity index (χ0) is 17.3. The average molecular weight is 340 g/mol. The molecule has 4 heteroatoms. The number of benzene rings is 2. The van der Waals surface area contributed by atoms with Crippen molar-refractivity contribution in [1.82, 2.24) is 4.90 Å². The molecule has 0 fully saturated rings. The third kappa shape index (κ3) is 3.25. The summed E-state index contributed by atoms with van der Waals surface area (Å²) >= 11 is 0. The van der Waals surface area contributed by atoms with E-state index in [0.717, 1.165) is 36.4 Å². The summed E-state index contributed by atoms with van der Waals surface area (Å²) in [5, 5.41) is 0. The highest BCUT2D eigenvalue weighted by atomic mass is 31.0. The number of rotatable bonds is 5. The van der Waals surface area contributed by atoms with Crippen LogP contribution in [-0.2, 0) is 11.3 Å². The molecule has 1 unspecified atom stereocenters. The van der Waals surface area contributed by atoms with Crippen LogP contribution in [0.3, 0.4) is 0 Å². The second kappa shape index (κ2) is 7.06. The molecule has 1 aliphatic heterocycles. The molecular weight excluding hydrogens is 315 g/mol. The van der Waals surface area contributed by atoms with Gasteiger partial charge in [-0.25, -0.2) is 0 Å². The van der Waals surface area contributed by atoms with E-state index in [4.69, 9.17) is 10.5 Å². The molecule has 3 rings (SSSR count). The third-order valence-electron chi connectivity index (χ3n) is 4.60. The number of aryl methyl sites for hydroxylation is 1. The minimum Gasteiger partial charge on any atom is -0.399 e. The van der Waals surface area contributed by atoms with Gasteiger partial charge in [0.2, 0.25) is 0 Å². The van der Waals surface area contributed by atoms with Gasteiger partial charge in [0.25, 0.3) is 0 Å². The molecule has 1 heterocycles. The lowest BCUT2D eigenvalue weighted by atomic mass is 9.96. The molecular formula is C20H25N2OP. The third-order valence-corrected chi connectivity index (χ3v) is 5.13. The molecule has 0 aliphatic carbocycles. The van der Waals surface area contributed by atoms with Crippen LogP contribution in [0.15, 0.2) is 36.4 Å². The molecule has 0 radical (unpaired) electrons. The Morgan fingerprint density at radius 3 is 2.75 bits per heavy atom. The summed E-state index contributed by atoms with van der Waals surface area (Å²) in [4.78, 5) is 2.37. The van der Waals surface area contributed by atoms with E-state index in [9.17, 15) is 0 Å². The number of nitrogens with two attached hydrogens (primary N) is 1. The second-order valence-corrected chi connectivity index (χ2v) is 6.91. The highest BCUT2D eigenvalue weighted by Crippen LogP contribution is 2.33. The molecule has 1 aliphatic rings. The summed E-state index contributed by atoms with van der Waals surface area (Å²) in [5.41, 5.74) is 14.2. The highest BCUT2D eigenvalue weighted by molar-refractivity contribution is 7.22. The van der Waals surface area contributed by atoms with Gasteiger partial charge in [-0.3, -0.25) is 4.90 Å². The van der Waals surface area contributed by atoms with E-state index in [1.54, 1.807) is 0 Å². The minimum atomic E-state index is 0.333. The van der Waals surface area contributed by atoms with E-state index in [1.807, 2.05) is 25.1 Å². The van der Waals surface area contributed by atoms with E-state index in [-0.39, 0.29) is 0 Å². The van der Waals surface area contributed by atoms with Crippen LogP contribution in [0.1, 0.15) is 30.5 Å². The van der Waals surface area contributed by atoms with Crippen LogP contribution >= 0.6 is 8.86 Å². The maximum atomic E-state index is 5.94. The Kier molecular flexibility index (Phi) is 5.05. The number of hydrogen-bond acceptors (Lipinski definition) is 2. The summed E-state index contributed by atoms with van der Waals surface area (Å²) < 4.78 is 5.60. The standard InChI is InChI=1S/C20H25N2OP/c1-4-23-12-14(3)22-11-17-9-16(8-13(2)19(17)20(22)24)15-6-5-7-18(21)10-15/h5-10,14,24H,4,11-12,21H2,1-3H3. The van der Waals surface area contributed by atoms with E-state index < -0.39 is 0 Å². The molecule has 2 aromatic rings. The van der Waals surface area contributed by atoms with Crippen molar-refractivity contribution in [2.24, 2.45) is 0 Å². The summed E-state index contributed by atoms with van der Waals surface area (Å²) in [7, 11) is 3.86. The quantitative estimate of drug-likeness (QED) is 0.658. The van der Waals surface area contributed by atoms with Crippen molar-refractivity contribution in [3.05, 3.63) is 53.1 Å². The number of nitrogens with zero attached hydrogens (tertiary/aromatic N) is 1. The first-order chi connectivity index (χ1) is 11.5. The number of anilines is 1. The maximum absolute atomic E-state index is 5.94. The molecule has 0 bridgehead atoms. The number of nitrogen functional groups attached to an aromatic ring is 1. The van der Waals surface area contributed by atoms with Gasteiger partial charge in [0.15, 0.2) is 0 Å². The van der Waals surface area contributed by atoms with Gasteiger partial charge in [-0.15, -0.1) is 8.86 Å². The SMILES string of the molecule is CCOCC(C)N1Cc2cc(-c3cccc(N)c3)cc(C)c2C1=P. The van der Waals surface area contributed by atoms with Gasteiger partial charge < -0.3 is 10.5 Å². The van der Waals surface area contributed by atoms with Crippen molar-refractivity contribution < 1.29 is 4.74 Å². The fourth-order valence-electron chi connectivity index (χ4n) is 3.37. The smallest absolute Gasteiger partial charge is 0.0623 e. The van der Waals surface area contributed by atoms with Gasteiger partial charge in [-0.05, 0) is 61.2 Å². The summed E-state index contributed by atoms with van der Waals surface area (Å²) in [6, 6.07) is 12.9. The van der Waals surface area contributed by atoms with Gasteiger partial charge in [-0.2, -0.15) is 0 Å². The Bertz CT molecular complexity index is 772. The van der Waals surface area contributed by atoms with Gasteiger partial charge >= 0.3 is 0 Å². The maximum Gasteiger partial charge on any atom is 0.0623 e. The van der Waals surface area contributed by atoms with E-state index in [1.165, 1.54) is 22.3 Å². The molecule has 0 saturated carbocycles. The Labute approximate surface area is 146 Å². The van der Waals surface area contributed by atoms with Crippen LogP contribution < -0.4 is 5.73 Å². The Hall–Kier alpha value is -1.67. The fraction of sp³-hybridized carbons (Fsp3) is 0.350. The second-order valence-electron chi connectivity index (χ2n) is 6.44. The molecule has 0 amide bonds. The molecule has 24 heavy (non-hydrogen) atoms. The summed E-state index contributed by atoms with van der Waals surface area (Å²) in [5.74, 6) is 0. The van der Waals surface area contributed by atoms with Gasteiger partial charge in [0, 0.05) is 35.9 Å². The lowest BCUT2D eigenvalue weighted by Crippen LogP contribution is -2.36. The number of fused-ring (bicyclic) bond motifs is 1. The number of hydrogen-bond donors (Lipinski definition) is 1. The molecule has 0 spiro atoms. The monoisotopic (exact) mass is 340 g/mol. The minimum absolute atomic E-state index is 0.333. The first kappa shape index (κ1) is 17.2. The molecule has 126 valence electrons. The van der Waals surface area contributed by atoms with Gasteiger partial charge in [0.1, 0.15) is 0 Å². The zero-order valence-electron chi connectivity index (χ0n) is 14.6. The van der Waals surface area contributed by atoms with Crippen LogP contribution in [0.25, 0.3) is 11.1 Å². The first-order valence-electron chi connectivity index (χ1n) is 8.44. The van der Waals surface area contributed by atoms with Gasteiger partial charge in [-0.1, -0.05) is 18.2 Å². The van der Waals surface area contributed by atoms with Gasteiger partial charge in [0.05, 0.1) is 6.61 Å². The number of ether oxygens (including phenoxy) is 1. The van der Waals surface area contributed by atoms with Crippen molar-refractivity contribution in [3.63, 3.8) is 0 Å². The Morgan fingerprint density at radius 2 is 2.04 bits per heavy atom. The van der Waals surface area contributed by atoms with E-state index >= 15 is 0 Å².